The highest BCUT2D eigenvalue weighted by Gasteiger charge is 2.30. The maximum Gasteiger partial charge on any atom is 0.129 e. The highest BCUT2D eigenvalue weighted by atomic mass is 19.1. The van der Waals surface area contributed by atoms with Crippen molar-refractivity contribution in [2.75, 3.05) is 0 Å². The maximum atomic E-state index is 13.8. The average Bonchev–Trinajstić information content (AvgIpc) is 2.40. The van der Waals surface area contributed by atoms with Gasteiger partial charge in [0.25, 0.3) is 0 Å². The Labute approximate surface area is 106 Å². The van der Waals surface area contributed by atoms with Gasteiger partial charge in [-0.3, -0.25) is 4.98 Å². The van der Waals surface area contributed by atoms with E-state index < -0.39 is 5.60 Å². The van der Waals surface area contributed by atoms with E-state index in [-0.39, 0.29) is 5.82 Å². The molecule has 0 saturated carbocycles. The van der Waals surface area contributed by atoms with Crippen LogP contribution in [0.15, 0.2) is 48.7 Å². The minimum absolute atomic E-state index is 0.311. The summed E-state index contributed by atoms with van der Waals surface area (Å²) in [5.41, 5.74) is -0.122. The number of hydrogen-bond donors (Lipinski definition) is 1. The maximum absolute atomic E-state index is 13.8. The van der Waals surface area contributed by atoms with Gasteiger partial charge in [0, 0.05) is 23.9 Å². The van der Waals surface area contributed by atoms with Crippen molar-refractivity contribution in [1.82, 2.24) is 4.98 Å². The Morgan fingerprint density at radius 2 is 1.89 bits per heavy atom. The molecule has 1 atom stereocenters. The first-order chi connectivity index (χ1) is 8.65. The third-order valence-electron chi connectivity index (χ3n) is 3.16. The molecular weight excluding hydrogens is 229 g/mol. The van der Waals surface area contributed by atoms with Crippen molar-refractivity contribution in [2.24, 2.45) is 0 Å². The van der Waals surface area contributed by atoms with Crippen molar-refractivity contribution in [2.45, 2.75) is 25.4 Å². The highest BCUT2D eigenvalue weighted by Crippen LogP contribution is 2.30. The Morgan fingerprint density at radius 1 is 1.17 bits per heavy atom. The SMILES string of the molecule is CCC(O)(Cc1ccccn1)c1ccccc1F. The predicted octanol–water partition coefficient (Wildman–Crippen LogP) is 3.06. The van der Waals surface area contributed by atoms with Gasteiger partial charge in [-0.05, 0) is 24.6 Å². The van der Waals surface area contributed by atoms with Crippen molar-refractivity contribution in [3.8, 4) is 0 Å². The van der Waals surface area contributed by atoms with Crippen LogP contribution in [-0.4, -0.2) is 10.1 Å². The van der Waals surface area contributed by atoms with Gasteiger partial charge in [0.05, 0.1) is 5.60 Å². The van der Waals surface area contributed by atoms with Gasteiger partial charge in [0.2, 0.25) is 0 Å². The standard InChI is InChI=1S/C15H16FNO/c1-2-15(18,11-12-7-5-6-10-17-12)13-8-3-4-9-14(13)16/h3-10,18H,2,11H2,1H3. The smallest absolute Gasteiger partial charge is 0.129 e. The molecule has 0 amide bonds. The van der Waals surface area contributed by atoms with Crippen LogP contribution in [0.2, 0.25) is 0 Å². The molecule has 1 aromatic heterocycles. The Bertz CT molecular complexity index is 515. The summed E-state index contributed by atoms with van der Waals surface area (Å²) >= 11 is 0. The molecule has 0 saturated heterocycles. The average molecular weight is 245 g/mol. The lowest BCUT2D eigenvalue weighted by molar-refractivity contribution is 0.0282. The molecule has 2 nitrogen and oxygen atoms in total. The molecule has 94 valence electrons. The fraction of sp³-hybridized carbons (Fsp3) is 0.267. The van der Waals surface area contributed by atoms with E-state index in [0.29, 0.717) is 18.4 Å². The molecule has 0 aliphatic rings. The van der Waals surface area contributed by atoms with Crippen LogP contribution in [-0.2, 0) is 12.0 Å². The van der Waals surface area contributed by atoms with Crippen molar-refractivity contribution in [3.05, 3.63) is 65.7 Å². The van der Waals surface area contributed by atoms with Crippen LogP contribution in [0, 0.1) is 5.82 Å². The van der Waals surface area contributed by atoms with Crippen molar-refractivity contribution in [1.29, 1.82) is 0 Å². The third kappa shape index (κ3) is 2.57. The van der Waals surface area contributed by atoms with E-state index in [0.717, 1.165) is 5.69 Å². The number of aliphatic hydroxyl groups is 1. The molecule has 1 N–H and O–H groups in total. The van der Waals surface area contributed by atoms with Crippen LogP contribution < -0.4 is 0 Å². The van der Waals surface area contributed by atoms with Crippen LogP contribution in [0.3, 0.4) is 0 Å². The second-order valence-corrected chi connectivity index (χ2v) is 4.36. The number of rotatable bonds is 4. The van der Waals surface area contributed by atoms with Gasteiger partial charge in [-0.1, -0.05) is 31.2 Å². The van der Waals surface area contributed by atoms with E-state index >= 15 is 0 Å². The molecule has 0 bridgehead atoms. The summed E-state index contributed by atoms with van der Waals surface area (Å²) in [6, 6.07) is 11.9. The lowest BCUT2D eigenvalue weighted by Crippen LogP contribution is -2.29. The minimum Gasteiger partial charge on any atom is -0.385 e. The Hall–Kier alpha value is -1.74. The lowest BCUT2D eigenvalue weighted by atomic mass is 9.86. The largest absolute Gasteiger partial charge is 0.385 e. The van der Waals surface area contributed by atoms with Crippen LogP contribution in [0.5, 0.6) is 0 Å². The number of aromatic nitrogens is 1. The summed E-state index contributed by atoms with van der Waals surface area (Å²) < 4.78 is 13.8. The van der Waals surface area contributed by atoms with Gasteiger partial charge in [-0.25, -0.2) is 4.39 Å². The topological polar surface area (TPSA) is 33.1 Å². The number of nitrogens with zero attached hydrogens (tertiary/aromatic N) is 1. The zero-order valence-electron chi connectivity index (χ0n) is 10.3. The molecule has 0 aliphatic heterocycles. The van der Waals surface area contributed by atoms with Crippen LogP contribution in [0.1, 0.15) is 24.6 Å². The molecule has 0 spiro atoms. The molecular formula is C15H16FNO. The summed E-state index contributed by atoms with van der Waals surface area (Å²) in [5.74, 6) is -0.377. The van der Waals surface area contributed by atoms with E-state index in [1.165, 1.54) is 6.07 Å². The van der Waals surface area contributed by atoms with Crippen molar-refractivity contribution in [3.63, 3.8) is 0 Å². The minimum atomic E-state index is -1.21. The fourth-order valence-electron chi connectivity index (χ4n) is 2.05. The van der Waals surface area contributed by atoms with Gasteiger partial charge in [0.1, 0.15) is 5.82 Å². The summed E-state index contributed by atoms with van der Waals surface area (Å²) in [6.45, 7) is 1.84. The lowest BCUT2D eigenvalue weighted by Gasteiger charge is -2.27. The van der Waals surface area contributed by atoms with Crippen molar-refractivity contribution < 1.29 is 9.50 Å². The molecule has 1 heterocycles. The van der Waals surface area contributed by atoms with Gasteiger partial charge >= 0.3 is 0 Å². The molecule has 0 fully saturated rings. The molecule has 2 aromatic rings. The highest BCUT2D eigenvalue weighted by molar-refractivity contribution is 5.26. The van der Waals surface area contributed by atoms with E-state index in [9.17, 15) is 9.50 Å². The first-order valence-electron chi connectivity index (χ1n) is 6.03. The molecule has 3 heteroatoms. The summed E-state index contributed by atoms with van der Waals surface area (Å²) in [7, 11) is 0. The Morgan fingerprint density at radius 3 is 2.50 bits per heavy atom. The second-order valence-electron chi connectivity index (χ2n) is 4.36. The molecule has 1 unspecified atom stereocenters. The quantitative estimate of drug-likeness (QED) is 0.898. The Balaban J connectivity index is 2.34. The van der Waals surface area contributed by atoms with Gasteiger partial charge < -0.3 is 5.11 Å². The van der Waals surface area contributed by atoms with E-state index in [4.69, 9.17) is 0 Å². The third-order valence-corrected chi connectivity index (χ3v) is 3.16. The van der Waals surface area contributed by atoms with E-state index in [2.05, 4.69) is 4.98 Å². The monoisotopic (exact) mass is 245 g/mol. The van der Waals surface area contributed by atoms with Crippen LogP contribution >= 0.6 is 0 Å². The normalized spacial score (nSPS) is 14.2. The molecule has 2 rings (SSSR count). The van der Waals surface area contributed by atoms with Crippen LogP contribution in [0.4, 0.5) is 4.39 Å². The van der Waals surface area contributed by atoms with Crippen molar-refractivity contribution >= 4 is 0 Å². The summed E-state index contributed by atoms with van der Waals surface area (Å²) in [4.78, 5) is 4.18. The zero-order valence-corrected chi connectivity index (χ0v) is 10.3. The number of pyridine rings is 1. The van der Waals surface area contributed by atoms with E-state index in [1.54, 1.807) is 24.4 Å². The van der Waals surface area contributed by atoms with Gasteiger partial charge in [0.15, 0.2) is 0 Å². The molecule has 0 radical (unpaired) electrons. The first-order valence-corrected chi connectivity index (χ1v) is 6.03. The summed E-state index contributed by atoms with van der Waals surface area (Å²) in [5, 5.41) is 10.6. The van der Waals surface area contributed by atoms with Gasteiger partial charge in [-0.15, -0.1) is 0 Å². The van der Waals surface area contributed by atoms with E-state index in [1.807, 2.05) is 25.1 Å². The number of benzene rings is 1. The summed E-state index contributed by atoms with van der Waals surface area (Å²) in [6.07, 6.45) is 2.42. The molecule has 1 aromatic carbocycles. The second kappa shape index (κ2) is 5.27. The zero-order chi connectivity index (χ0) is 13.0. The fourth-order valence-corrected chi connectivity index (χ4v) is 2.05. The number of hydrogen-bond acceptors (Lipinski definition) is 2. The number of halogens is 1. The first kappa shape index (κ1) is 12.7. The molecule has 0 aliphatic carbocycles. The Kier molecular flexibility index (Phi) is 3.72. The predicted molar refractivity (Wildman–Crippen MR) is 68.5 cm³/mol. The van der Waals surface area contributed by atoms with Crippen LogP contribution in [0.25, 0.3) is 0 Å². The molecule has 18 heavy (non-hydrogen) atoms. The van der Waals surface area contributed by atoms with Gasteiger partial charge in [-0.2, -0.15) is 0 Å².